The Hall–Kier alpha value is -0.880. The first-order valence-electron chi connectivity index (χ1n) is 4.29. The number of carboxylic acids is 1. The molecule has 0 amide bonds. The van der Waals surface area contributed by atoms with Gasteiger partial charge in [0.2, 0.25) is 0 Å². The molecule has 0 aromatic carbocycles. The molecule has 1 aromatic rings. The van der Waals surface area contributed by atoms with Crippen LogP contribution in [0.25, 0.3) is 0 Å². The fraction of sp³-hybridized carbons (Fsp3) is 0.500. The molecule has 76 valence electrons. The third-order valence-corrected chi connectivity index (χ3v) is 2.86. The average molecular weight is 261 g/mol. The first-order valence-corrected chi connectivity index (χ1v) is 5.08. The van der Waals surface area contributed by atoms with E-state index in [1.165, 1.54) is 0 Å². The fourth-order valence-electron chi connectivity index (χ4n) is 1.63. The van der Waals surface area contributed by atoms with Gasteiger partial charge >= 0.3 is 5.97 Å². The van der Waals surface area contributed by atoms with Gasteiger partial charge in [-0.15, -0.1) is 0 Å². The van der Waals surface area contributed by atoms with Crippen molar-refractivity contribution in [3.63, 3.8) is 0 Å². The van der Waals surface area contributed by atoms with Gasteiger partial charge in [-0.3, -0.25) is 0 Å². The lowest BCUT2D eigenvalue weighted by atomic mass is 10.0. The molecule has 5 nitrogen and oxygen atoms in total. The number of nitrogens with one attached hydrogen (secondary N) is 1. The highest BCUT2D eigenvalue weighted by Gasteiger charge is 2.29. The normalized spacial score (nSPS) is 21.4. The minimum absolute atomic E-state index is 0.125. The number of hydrogen-bond acceptors (Lipinski definition) is 4. The van der Waals surface area contributed by atoms with Crippen LogP contribution in [-0.4, -0.2) is 29.3 Å². The molecule has 1 atom stereocenters. The topological polar surface area (TPSA) is 75.4 Å². The third-order valence-electron chi connectivity index (χ3n) is 2.32. The van der Waals surface area contributed by atoms with Crippen LogP contribution in [-0.2, 0) is 0 Å². The number of rotatable bonds is 2. The van der Waals surface area contributed by atoms with Crippen molar-refractivity contribution in [1.82, 2.24) is 10.5 Å². The molecule has 1 aliphatic rings. The Labute approximate surface area is 88.6 Å². The predicted octanol–water partition coefficient (Wildman–Crippen LogP) is 1.21. The summed E-state index contributed by atoms with van der Waals surface area (Å²) in [6.45, 7) is 1.64. The Balaban J connectivity index is 2.37. The van der Waals surface area contributed by atoms with E-state index in [-0.39, 0.29) is 16.1 Å². The number of carbonyl (C=O) groups is 1. The molecule has 1 fully saturated rings. The van der Waals surface area contributed by atoms with Crippen molar-refractivity contribution in [2.75, 3.05) is 13.1 Å². The molecule has 1 aromatic heterocycles. The van der Waals surface area contributed by atoms with Crippen molar-refractivity contribution in [3.8, 4) is 0 Å². The first-order chi connectivity index (χ1) is 6.70. The van der Waals surface area contributed by atoms with Gasteiger partial charge in [-0.2, -0.15) is 0 Å². The minimum atomic E-state index is -1.000. The standard InChI is InChI=1S/C8H9BrN2O3/c9-7-5(8(12)13)6(14-11-7)4-1-2-10-3-4/h4,10H,1-3H2,(H,12,13). The molecule has 2 rings (SSSR count). The van der Waals surface area contributed by atoms with Gasteiger partial charge in [0.1, 0.15) is 5.56 Å². The molecule has 1 aliphatic heterocycles. The van der Waals surface area contributed by atoms with E-state index in [4.69, 9.17) is 9.63 Å². The molecule has 1 unspecified atom stereocenters. The van der Waals surface area contributed by atoms with E-state index in [1.807, 2.05) is 0 Å². The summed E-state index contributed by atoms with van der Waals surface area (Å²) >= 11 is 3.06. The molecule has 0 radical (unpaired) electrons. The van der Waals surface area contributed by atoms with Crippen LogP contribution in [0.1, 0.15) is 28.5 Å². The van der Waals surface area contributed by atoms with Crippen molar-refractivity contribution < 1.29 is 14.4 Å². The van der Waals surface area contributed by atoms with Crippen molar-refractivity contribution in [2.24, 2.45) is 0 Å². The van der Waals surface area contributed by atoms with Gasteiger partial charge in [-0.1, -0.05) is 5.16 Å². The zero-order valence-corrected chi connectivity index (χ0v) is 8.87. The predicted molar refractivity (Wildman–Crippen MR) is 51.4 cm³/mol. The van der Waals surface area contributed by atoms with E-state index in [0.29, 0.717) is 5.76 Å². The minimum Gasteiger partial charge on any atom is -0.477 e. The maximum atomic E-state index is 10.9. The van der Waals surface area contributed by atoms with Crippen LogP contribution in [0.4, 0.5) is 0 Å². The van der Waals surface area contributed by atoms with Crippen LogP contribution >= 0.6 is 15.9 Å². The van der Waals surface area contributed by atoms with E-state index in [1.54, 1.807) is 0 Å². The number of hydrogen-bond donors (Lipinski definition) is 2. The lowest BCUT2D eigenvalue weighted by Gasteiger charge is -2.03. The molecule has 1 saturated heterocycles. The van der Waals surface area contributed by atoms with Crippen LogP contribution in [0.3, 0.4) is 0 Å². The molecule has 0 saturated carbocycles. The van der Waals surface area contributed by atoms with Gasteiger partial charge < -0.3 is 14.9 Å². The SMILES string of the molecule is O=C(O)c1c(Br)noc1C1CCNC1. The Morgan fingerprint density at radius 1 is 1.71 bits per heavy atom. The van der Waals surface area contributed by atoms with Crippen molar-refractivity contribution in [3.05, 3.63) is 15.9 Å². The molecule has 2 heterocycles. The molecular formula is C8H9BrN2O3. The number of aromatic carboxylic acids is 1. The highest BCUT2D eigenvalue weighted by molar-refractivity contribution is 9.10. The monoisotopic (exact) mass is 260 g/mol. The van der Waals surface area contributed by atoms with Gasteiger partial charge in [-0.25, -0.2) is 4.79 Å². The fourth-order valence-corrected chi connectivity index (χ4v) is 2.07. The van der Waals surface area contributed by atoms with E-state index < -0.39 is 5.97 Å². The number of halogens is 1. The van der Waals surface area contributed by atoms with Crippen LogP contribution in [0.15, 0.2) is 9.13 Å². The second kappa shape index (κ2) is 3.70. The van der Waals surface area contributed by atoms with E-state index in [2.05, 4.69) is 26.4 Å². The highest BCUT2D eigenvalue weighted by atomic mass is 79.9. The Morgan fingerprint density at radius 2 is 2.50 bits per heavy atom. The summed E-state index contributed by atoms with van der Waals surface area (Å²) in [5.41, 5.74) is 0.152. The largest absolute Gasteiger partial charge is 0.477 e. The molecule has 0 aliphatic carbocycles. The van der Waals surface area contributed by atoms with Crippen LogP contribution in [0, 0.1) is 0 Å². The van der Waals surface area contributed by atoms with Gasteiger partial charge in [0.15, 0.2) is 10.4 Å². The maximum Gasteiger partial charge on any atom is 0.342 e. The summed E-state index contributed by atoms with van der Waals surface area (Å²) < 4.78 is 5.29. The summed E-state index contributed by atoms with van der Waals surface area (Å²) in [7, 11) is 0. The Bertz CT molecular complexity index is 357. The molecule has 2 N–H and O–H groups in total. The molecule has 0 spiro atoms. The van der Waals surface area contributed by atoms with Gasteiger partial charge in [0.25, 0.3) is 0 Å². The number of aromatic nitrogens is 1. The molecule has 6 heteroatoms. The molecule has 14 heavy (non-hydrogen) atoms. The first kappa shape index (κ1) is 9.67. The van der Waals surface area contributed by atoms with Crippen LogP contribution in [0.5, 0.6) is 0 Å². The average Bonchev–Trinajstić information content (AvgIpc) is 2.70. The zero-order valence-electron chi connectivity index (χ0n) is 7.29. The second-order valence-electron chi connectivity index (χ2n) is 3.21. The lowest BCUT2D eigenvalue weighted by molar-refractivity contribution is 0.0693. The summed E-state index contributed by atoms with van der Waals surface area (Å²) in [5, 5.41) is 15.7. The zero-order chi connectivity index (χ0) is 10.1. The van der Waals surface area contributed by atoms with Crippen molar-refractivity contribution >= 4 is 21.9 Å². The summed E-state index contributed by atoms with van der Waals surface area (Å²) in [6.07, 6.45) is 0.891. The summed E-state index contributed by atoms with van der Waals surface area (Å²) in [6, 6.07) is 0. The molecule has 0 bridgehead atoms. The van der Waals surface area contributed by atoms with Gasteiger partial charge in [0.05, 0.1) is 0 Å². The highest BCUT2D eigenvalue weighted by Crippen LogP contribution is 2.29. The van der Waals surface area contributed by atoms with Gasteiger partial charge in [0, 0.05) is 12.5 Å². The van der Waals surface area contributed by atoms with Crippen LogP contribution in [0.2, 0.25) is 0 Å². The Morgan fingerprint density at radius 3 is 3.07 bits per heavy atom. The number of carboxylic acid groups (broad SMARTS) is 1. The quantitative estimate of drug-likeness (QED) is 0.836. The van der Waals surface area contributed by atoms with Crippen molar-refractivity contribution in [2.45, 2.75) is 12.3 Å². The second-order valence-corrected chi connectivity index (χ2v) is 3.96. The van der Waals surface area contributed by atoms with Gasteiger partial charge in [-0.05, 0) is 28.9 Å². The number of nitrogens with zero attached hydrogens (tertiary/aromatic N) is 1. The van der Waals surface area contributed by atoms with Crippen molar-refractivity contribution in [1.29, 1.82) is 0 Å². The van der Waals surface area contributed by atoms with Crippen LogP contribution < -0.4 is 5.32 Å². The summed E-state index contributed by atoms with van der Waals surface area (Å²) in [4.78, 5) is 10.9. The smallest absolute Gasteiger partial charge is 0.342 e. The third kappa shape index (κ3) is 1.55. The summed E-state index contributed by atoms with van der Waals surface area (Å²) in [5.74, 6) is -0.408. The maximum absolute atomic E-state index is 10.9. The lowest BCUT2D eigenvalue weighted by Crippen LogP contribution is -2.10. The van der Waals surface area contributed by atoms with E-state index in [9.17, 15) is 4.79 Å². The van der Waals surface area contributed by atoms with E-state index >= 15 is 0 Å². The van der Waals surface area contributed by atoms with E-state index in [0.717, 1.165) is 19.5 Å². The molecular weight excluding hydrogens is 252 g/mol. The Kier molecular flexibility index (Phi) is 2.56.